The molecule has 0 saturated carbocycles. The molecule has 1 saturated heterocycles. The number of ether oxygens (including phenoxy) is 1. The van der Waals surface area contributed by atoms with Gasteiger partial charge in [0.05, 0.1) is 5.56 Å². The molecule has 2 amide bonds. The number of aromatic amines is 1. The van der Waals surface area contributed by atoms with E-state index < -0.39 is 0 Å². The van der Waals surface area contributed by atoms with Gasteiger partial charge in [-0.05, 0) is 37.3 Å². The highest BCUT2D eigenvalue weighted by Gasteiger charge is 2.24. The summed E-state index contributed by atoms with van der Waals surface area (Å²) in [5.41, 5.74) is 2.55. The van der Waals surface area contributed by atoms with Gasteiger partial charge in [0.1, 0.15) is 6.61 Å². The Morgan fingerprint density at radius 1 is 1.19 bits per heavy atom. The van der Waals surface area contributed by atoms with Crippen molar-refractivity contribution in [2.75, 3.05) is 19.6 Å². The van der Waals surface area contributed by atoms with Crippen molar-refractivity contribution >= 4 is 12.0 Å². The Balaban J connectivity index is 1.38. The second-order valence-electron chi connectivity index (χ2n) is 6.70. The number of rotatable bonds is 5. The van der Waals surface area contributed by atoms with Crippen LogP contribution in [0, 0.1) is 12.8 Å². The summed E-state index contributed by atoms with van der Waals surface area (Å²) in [5.74, 6) is 0.338. The summed E-state index contributed by atoms with van der Waals surface area (Å²) in [7, 11) is 0. The molecule has 1 aromatic heterocycles. The molecule has 3 rings (SSSR count). The zero-order valence-electron chi connectivity index (χ0n) is 15.0. The first kappa shape index (κ1) is 18.0. The van der Waals surface area contributed by atoms with Gasteiger partial charge < -0.3 is 19.9 Å². The summed E-state index contributed by atoms with van der Waals surface area (Å²) in [4.78, 5) is 29.1. The van der Waals surface area contributed by atoms with Crippen LogP contribution in [0.3, 0.4) is 0 Å². The minimum atomic E-state index is -0.265. The van der Waals surface area contributed by atoms with E-state index >= 15 is 0 Å². The van der Waals surface area contributed by atoms with Crippen molar-refractivity contribution in [3.8, 4) is 0 Å². The van der Waals surface area contributed by atoms with Gasteiger partial charge in [-0.1, -0.05) is 30.3 Å². The Morgan fingerprint density at radius 2 is 1.92 bits per heavy atom. The van der Waals surface area contributed by atoms with E-state index in [1.54, 1.807) is 17.2 Å². The van der Waals surface area contributed by atoms with Gasteiger partial charge in [-0.15, -0.1) is 0 Å². The highest BCUT2D eigenvalue weighted by atomic mass is 16.6. The molecule has 0 atom stereocenters. The lowest BCUT2D eigenvalue weighted by molar-refractivity contribution is 0.0800. The minimum absolute atomic E-state index is 0.0477. The monoisotopic (exact) mass is 355 g/mol. The number of hydrogen-bond acceptors (Lipinski definition) is 3. The number of likely N-dealkylation sites (tertiary alicyclic amines) is 1. The molecule has 2 heterocycles. The lowest BCUT2D eigenvalue weighted by atomic mass is 9.97. The van der Waals surface area contributed by atoms with Crippen LogP contribution in [0.2, 0.25) is 0 Å². The molecule has 6 heteroatoms. The zero-order valence-corrected chi connectivity index (χ0v) is 15.0. The Bertz CT molecular complexity index is 734. The van der Waals surface area contributed by atoms with Crippen LogP contribution < -0.4 is 5.32 Å². The summed E-state index contributed by atoms with van der Waals surface area (Å²) in [5, 5.41) is 2.99. The van der Waals surface area contributed by atoms with E-state index in [0.29, 0.717) is 37.7 Å². The van der Waals surface area contributed by atoms with E-state index in [9.17, 15) is 9.59 Å². The molecule has 1 fully saturated rings. The van der Waals surface area contributed by atoms with Gasteiger partial charge in [0, 0.05) is 31.5 Å². The van der Waals surface area contributed by atoms with Gasteiger partial charge in [-0.25, -0.2) is 4.79 Å². The fourth-order valence-electron chi connectivity index (χ4n) is 3.16. The smallest absolute Gasteiger partial charge is 0.410 e. The maximum absolute atomic E-state index is 12.2. The van der Waals surface area contributed by atoms with Crippen molar-refractivity contribution in [2.45, 2.75) is 26.4 Å². The van der Waals surface area contributed by atoms with Gasteiger partial charge in [0.15, 0.2) is 0 Å². The van der Waals surface area contributed by atoms with Crippen LogP contribution in [0.15, 0.2) is 42.6 Å². The average Bonchev–Trinajstić information content (AvgIpc) is 3.11. The van der Waals surface area contributed by atoms with Crippen molar-refractivity contribution in [1.82, 2.24) is 15.2 Å². The number of piperidine rings is 1. The topological polar surface area (TPSA) is 74.4 Å². The standard InChI is InChI=1S/C20H25N3O3/c1-15-18(7-10-21-15)19(24)22-13-16-8-11-23(12-9-16)20(25)26-14-17-5-3-2-4-6-17/h2-7,10,16,21H,8-9,11-14H2,1H3,(H,22,24). The predicted molar refractivity (Wildman–Crippen MR) is 98.8 cm³/mol. The first-order chi connectivity index (χ1) is 12.6. The number of aromatic nitrogens is 1. The second-order valence-corrected chi connectivity index (χ2v) is 6.70. The normalized spacial score (nSPS) is 14.9. The molecule has 6 nitrogen and oxygen atoms in total. The van der Waals surface area contributed by atoms with Crippen LogP contribution in [0.25, 0.3) is 0 Å². The van der Waals surface area contributed by atoms with E-state index in [1.165, 1.54) is 0 Å². The van der Waals surface area contributed by atoms with Gasteiger partial charge in [-0.3, -0.25) is 4.79 Å². The molecule has 1 aliphatic heterocycles. The van der Waals surface area contributed by atoms with Crippen molar-refractivity contribution in [3.63, 3.8) is 0 Å². The first-order valence-electron chi connectivity index (χ1n) is 9.01. The maximum atomic E-state index is 12.2. The van der Waals surface area contributed by atoms with Gasteiger partial charge in [0.25, 0.3) is 5.91 Å². The molecule has 2 aromatic rings. The lowest BCUT2D eigenvalue weighted by Gasteiger charge is -2.31. The molecule has 0 unspecified atom stereocenters. The number of benzene rings is 1. The maximum Gasteiger partial charge on any atom is 0.410 e. The summed E-state index contributed by atoms with van der Waals surface area (Å²) in [6, 6.07) is 11.5. The van der Waals surface area contributed by atoms with E-state index in [4.69, 9.17) is 4.74 Å². The number of hydrogen-bond donors (Lipinski definition) is 2. The number of aryl methyl sites for hydroxylation is 1. The molecule has 0 spiro atoms. The van der Waals surface area contributed by atoms with Crippen LogP contribution >= 0.6 is 0 Å². The number of carbonyl (C=O) groups is 2. The Morgan fingerprint density at radius 3 is 2.58 bits per heavy atom. The highest BCUT2D eigenvalue weighted by molar-refractivity contribution is 5.95. The largest absolute Gasteiger partial charge is 0.445 e. The predicted octanol–water partition coefficient (Wildman–Crippen LogP) is 3.10. The van der Waals surface area contributed by atoms with Gasteiger partial charge in [0.2, 0.25) is 0 Å². The molecular formula is C20H25N3O3. The molecule has 0 aliphatic carbocycles. The van der Waals surface area contributed by atoms with Gasteiger partial charge >= 0.3 is 6.09 Å². The van der Waals surface area contributed by atoms with Crippen LogP contribution in [0.1, 0.15) is 34.5 Å². The fraction of sp³-hybridized carbons (Fsp3) is 0.400. The van der Waals surface area contributed by atoms with Gasteiger partial charge in [-0.2, -0.15) is 0 Å². The Labute approximate surface area is 153 Å². The third-order valence-corrected chi connectivity index (χ3v) is 4.83. The van der Waals surface area contributed by atoms with Crippen molar-refractivity contribution in [3.05, 3.63) is 59.4 Å². The van der Waals surface area contributed by atoms with E-state index in [2.05, 4.69) is 10.3 Å². The highest BCUT2D eigenvalue weighted by Crippen LogP contribution is 2.18. The van der Waals surface area contributed by atoms with E-state index in [0.717, 1.165) is 24.1 Å². The molecule has 26 heavy (non-hydrogen) atoms. The molecule has 1 aromatic carbocycles. The number of amides is 2. The molecule has 2 N–H and O–H groups in total. The first-order valence-corrected chi connectivity index (χ1v) is 9.01. The number of nitrogens with one attached hydrogen (secondary N) is 2. The zero-order chi connectivity index (χ0) is 18.4. The molecule has 1 aliphatic rings. The molecule has 0 bridgehead atoms. The summed E-state index contributed by atoms with van der Waals surface area (Å²) >= 11 is 0. The number of nitrogens with zero attached hydrogens (tertiary/aromatic N) is 1. The van der Waals surface area contributed by atoms with E-state index in [-0.39, 0.29) is 12.0 Å². The van der Waals surface area contributed by atoms with Crippen molar-refractivity contribution in [2.24, 2.45) is 5.92 Å². The molecule has 138 valence electrons. The summed E-state index contributed by atoms with van der Waals surface area (Å²) in [6.45, 7) is 4.14. The molecular weight excluding hydrogens is 330 g/mol. The van der Waals surface area contributed by atoms with Crippen molar-refractivity contribution < 1.29 is 14.3 Å². The fourth-order valence-corrected chi connectivity index (χ4v) is 3.16. The lowest BCUT2D eigenvalue weighted by Crippen LogP contribution is -2.41. The van der Waals surface area contributed by atoms with Crippen LogP contribution in [-0.2, 0) is 11.3 Å². The second kappa shape index (κ2) is 8.56. The quantitative estimate of drug-likeness (QED) is 0.865. The van der Waals surface area contributed by atoms with E-state index in [1.807, 2.05) is 37.3 Å². The molecule has 0 radical (unpaired) electrons. The van der Waals surface area contributed by atoms with Crippen LogP contribution in [0.5, 0.6) is 0 Å². The minimum Gasteiger partial charge on any atom is -0.445 e. The third-order valence-electron chi connectivity index (χ3n) is 4.83. The Kier molecular flexibility index (Phi) is 5.94. The summed E-state index contributed by atoms with van der Waals surface area (Å²) < 4.78 is 5.38. The average molecular weight is 355 g/mol. The third kappa shape index (κ3) is 4.65. The number of H-pyrrole nitrogens is 1. The van der Waals surface area contributed by atoms with Crippen molar-refractivity contribution in [1.29, 1.82) is 0 Å². The van der Waals surface area contributed by atoms with Crippen LogP contribution in [-0.4, -0.2) is 41.5 Å². The number of carbonyl (C=O) groups excluding carboxylic acids is 2. The van der Waals surface area contributed by atoms with Crippen LogP contribution in [0.4, 0.5) is 4.79 Å². The summed E-state index contributed by atoms with van der Waals surface area (Å²) in [6.07, 6.45) is 3.24. The SMILES string of the molecule is Cc1[nH]ccc1C(=O)NCC1CCN(C(=O)OCc2ccccc2)CC1. The Hall–Kier alpha value is -2.76.